The number of nitrogens with zero attached hydrogens (tertiary/aromatic N) is 5. The zero-order valence-corrected chi connectivity index (χ0v) is 15.4. The van der Waals surface area contributed by atoms with Gasteiger partial charge in [0.25, 0.3) is 0 Å². The van der Waals surface area contributed by atoms with E-state index in [0.29, 0.717) is 22.6 Å². The lowest BCUT2D eigenvalue weighted by atomic mass is 10.2. The summed E-state index contributed by atoms with van der Waals surface area (Å²) in [4.78, 5) is 0. The van der Waals surface area contributed by atoms with Crippen molar-refractivity contribution in [3.05, 3.63) is 65.5 Å². The quantitative estimate of drug-likeness (QED) is 0.473. The number of hydrogen-bond donors (Lipinski definition) is 0. The molecule has 4 rings (SSSR count). The fourth-order valence-electron chi connectivity index (χ4n) is 2.46. The molecule has 0 atom stereocenters. The number of halogens is 1. The van der Waals surface area contributed by atoms with Gasteiger partial charge in [-0.25, -0.2) is 0 Å². The fraction of sp³-hybridized carbons (Fsp3) is 0.111. The van der Waals surface area contributed by atoms with Gasteiger partial charge < -0.3 is 8.98 Å². The van der Waals surface area contributed by atoms with Gasteiger partial charge in [-0.05, 0) is 12.1 Å². The van der Waals surface area contributed by atoms with Gasteiger partial charge in [-0.15, -0.1) is 20.4 Å². The normalized spacial score (nSPS) is 11.0. The highest BCUT2D eigenvalue weighted by atomic mass is 35.5. The van der Waals surface area contributed by atoms with Gasteiger partial charge in [0.1, 0.15) is 0 Å². The molecule has 0 aliphatic carbocycles. The average molecular weight is 384 g/mol. The van der Waals surface area contributed by atoms with E-state index in [1.54, 1.807) is 6.07 Å². The summed E-state index contributed by atoms with van der Waals surface area (Å²) in [6, 6.07) is 17.3. The molecule has 0 N–H and O–H groups in total. The lowest BCUT2D eigenvalue weighted by Gasteiger charge is -2.02. The van der Waals surface area contributed by atoms with Crippen LogP contribution in [0, 0.1) is 0 Å². The Balaban J connectivity index is 1.49. The zero-order valence-electron chi connectivity index (χ0n) is 13.8. The summed E-state index contributed by atoms with van der Waals surface area (Å²) in [7, 11) is 1.94. The summed E-state index contributed by atoms with van der Waals surface area (Å²) in [6.45, 7) is 0. The van der Waals surface area contributed by atoms with E-state index in [2.05, 4.69) is 20.4 Å². The van der Waals surface area contributed by atoms with Crippen LogP contribution >= 0.6 is 23.4 Å². The third-order valence-corrected chi connectivity index (χ3v) is 5.10. The van der Waals surface area contributed by atoms with E-state index in [0.717, 1.165) is 22.1 Å². The third kappa shape index (κ3) is 3.36. The van der Waals surface area contributed by atoms with Crippen LogP contribution in [0.3, 0.4) is 0 Å². The molecule has 0 bridgehead atoms. The molecule has 0 fully saturated rings. The lowest BCUT2D eigenvalue weighted by Crippen LogP contribution is -1.95. The van der Waals surface area contributed by atoms with Gasteiger partial charge in [0.15, 0.2) is 11.0 Å². The van der Waals surface area contributed by atoms with Crippen LogP contribution in [-0.4, -0.2) is 25.0 Å². The Morgan fingerprint density at radius 2 is 1.73 bits per heavy atom. The summed E-state index contributed by atoms with van der Waals surface area (Å²) in [6.07, 6.45) is 0. The molecule has 0 spiro atoms. The highest BCUT2D eigenvalue weighted by molar-refractivity contribution is 7.98. The minimum absolute atomic E-state index is 0.411. The van der Waals surface area contributed by atoms with E-state index in [1.807, 2.05) is 60.1 Å². The van der Waals surface area contributed by atoms with Gasteiger partial charge in [0.2, 0.25) is 11.8 Å². The Hall–Kier alpha value is -2.64. The molecule has 8 heteroatoms. The molecular weight excluding hydrogens is 370 g/mol. The van der Waals surface area contributed by atoms with Gasteiger partial charge in [-0.3, -0.25) is 0 Å². The monoisotopic (exact) mass is 383 g/mol. The predicted molar refractivity (Wildman–Crippen MR) is 101 cm³/mol. The molecule has 2 heterocycles. The minimum atomic E-state index is 0.411. The van der Waals surface area contributed by atoms with Crippen LogP contribution in [0.4, 0.5) is 0 Å². The molecule has 0 saturated heterocycles. The first kappa shape index (κ1) is 16.8. The van der Waals surface area contributed by atoms with Crippen molar-refractivity contribution >= 4 is 23.4 Å². The Morgan fingerprint density at radius 1 is 0.962 bits per heavy atom. The summed E-state index contributed by atoms with van der Waals surface area (Å²) < 4.78 is 7.67. The first-order chi connectivity index (χ1) is 12.7. The van der Waals surface area contributed by atoms with E-state index < -0.39 is 0 Å². The molecule has 130 valence electrons. The molecule has 0 amide bonds. The number of thioether (sulfide) groups is 1. The van der Waals surface area contributed by atoms with Crippen molar-refractivity contribution in [1.29, 1.82) is 0 Å². The van der Waals surface area contributed by atoms with Crippen molar-refractivity contribution < 1.29 is 4.42 Å². The number of aromatic nitrogens is 5. The van der Waals surface area contributed by atoms with E-state index >= 15 is 0 Å². The highest BCUT2D eigenvalue weighted by Gasteiger charge is 2.15. The van der Waals surface area contributed by atoms with E-state index in [-0.39, 0.29) is 0 Å². The standard InChI is InChI=1S/C18H14ClN5OS/c1-24-16(12-7-3-2-4-8-12)21-23-18(24)26-11-15-20-22-17(25-15)13-9-5-6-10-14(13)19/h2-10H,11H2,1H3. The van der Waals surface area contributed by atoms with Crippen molar-refractivity contribution in [2.45, 2.75) is 10.9 Å². The van der Waals surface area contributed by atoms with Crippen molar-refractivity contribution in [2.75, 3.05) is 0 Å². The van der Waals surface area contributed by atoms with Crippen molar-refractivity contribution in [3.8, 4) is 22.8 Å². The SMILES string of the molecule is Cn1c(SCc2nnc(-c3ccccc3Cl)o2)nnc1-c1ccccc1. The van der Waals surface area contributed by atoms with Crippen LogP contribution in [0.2, 0.25) is 5.02 Å². The van der Waals surface area contributed by atoms with Crippen molar-refractivity contribution in [3.63, 3.8) is 0 Å². The molecule has 26 heavy (non-hydrogen) atoms. The van der Waals surface area contributed by atoms with E-state index in [9.17, 15) is 0 Å². The summed E-state index contributed by atoms with van der Waals surface area (Å²) >= 11 is 7.66. The molecule has 0 unspecified atom stereocenters. The van der Waals surface area contributed by atoms with E-state index in [4.69, 9.17) is 16.0 Å². The average Bonchev–Trinajstić information content (AvgIpc) is 3.28. The molecule has 2 aromatic heterocycles. The number of hydrogen-bond acceptors (Lipinski definition) is 6. The Bertz CT molecular complexity index is 1030. The Labute approximate surface area is 159 Å². The van der Waals surface area contributed by atoms with Gasteiger partial charge >= 0.3 is 0 Å². The van der Waals surface area contributed by atoms with Crippen molar-refractivity contribution in [2.24, 2.45) is 7.05 Å². The third-order valence-electron chi connectivity index (χ3n) is 3.76. The second-order valence-electron chi connectivity index (χ2n) is 5.50. The second kappa shape index (κ2) is 7.31. The van der Waals surface area contributed by atoms with Crippen LogP contribution < -0.4 is 0 Å². The zero-order chi connectivity index (χ0) is 17.9. The molecule has 0 radical (unpaired) electrons. The van der Waals surface area contributed by atoms with Crippen LogP contribution in [0.1, 0.15) is 5.89 Å². The van der Waals surface area contributed by atoms with Crippen LogP contribution in [0.25, 0.3) is 22.8 Å². The van der Waals surface area contributed by atoms with Crippen LogP contribution in [0.15, 0.2) is 64.2 Å². The second-order valence-corrected chi connectivity index (χ2v) is 6.85. The largest absolute Gasteiger partial charge is 0.420 e. The summed E-state index contributed by atoms with van der Waals surface area (Å²) in [5, 5.41) is 18.0. The maximum Gasteiger partial charge on any atom is 0.249 e. The number of benzene rings is 2. The maximum atomic E-state index is 6.17. The molecule has 0 saturated carbocycles. The molecule has 0 aliphatic rings. The summed E-state index contributed by atoms with van der Waals surface area (Å²) in [5.41, 5.74) is 1.75. The Kier molecular flexibility index (Phi) is 4.73. The minimum Gasteiger partial charge on any atom is -0.420 e. The topological polar surface area (TPSA) is 69.6 Å². The number of rotatable bonds is 5. The van der Waals surface area contributed by atoms with Gasteiger partial charge in [-0.2, -0.15) is 0 Å². The maximum absolute atomic E-state index is 6.17. The molecular formula is C18H14ClN5OS. The first-order valence-electron chi connectivity index (χ1n) is 7.87. The van der Waals surface area contributed by atoms with Gasteiger partial charge in [0.05, 0.1) is 16.3 Å². The molecule has 4 aromatic rings. The van der Waals surface area contributed by atoms with Crippen molar-refractivity contribution in [1.82, 2.24) is 25.0 Å². The van der Waals surface area contributed by atoms with E-state index in [1.165, 1.54) is 11.8 Å². The first-order valence-corrected chi connectivity index (χ1v) is 9.23. The fourth-order valence-corrected chi connectivity index (χ4v) is 3.43. The smallest absolute Gasteiger partial charge is 0.249 e. The van der Waals surface area contributed by atoms with Crippen LogP contribution in [-0.2, 0) is 12.8 Å². The summed E-state index contributed by atoms with van der Waals surface area (Å²) in [5.74, 6) is 2.23. The van der Waals surface area contributed by atoms with Crippen LogP contribution in [0.5, 0.6) is 0 Å². The predicted octanol–water partition coefficient (Wildman–Crippen LogP) is 4.48. The highest BCUT2D eigenvalue weighted by Crippen LogP contribution is 2.29. The Morgan fingerprint density at radius 3 is 2.54 bits per heavy atom. The van der Waals surface area contributed by atoms with Gasteiger partial charge in [-0.1, -0.05) is 65.8 Å². The van der Waals surface area contributed by atoms with Gasteiger partial charge in [0, 0.05) is 12.6 Å². The molecule has 6 nitrogen and oxygen atoms in total. The molecule has 2 aromatic carbocycles. The lowest BCUT2D eigenvalue weighted by molar-refractivity contribution is 0.528. The molecule has 0 aliphatic heterocycles.